The molecule has 2 aromatic heterocycles. The first-order valence-corrected chi connectivity index (χ1v) is 8.07. The highest BCUT2D eigenvalue weighted by atomic mass is 16.2. The van der Waals surface area contributed by atoms with Gasteiger partial charge in [-0.3, -0.25) is 24.4 Å². The second-order valence-electron chi connectivity index (χ2n) is 6.11. The second kappa shape index (κ2) is 5.76. The fraction of sp³-hybridized carbons (Fsp3) is 0.167. The fourth-order valence-corrected chi connectivity index (χ4v) is 3.00. The summed E-state index contributed by atoms with van der Waals surface area (Å²) in [6.07, 6.45) is 0. The molecule has 3 heterocycles. The van der Waals surface area contributed by atoms with Crippen molar-refractivity contribution >= 4 is 34.6 Å². The van der Waals surface area contributed by atoms with Gasteiger partial charge in [-0.1, -0.05) is 12.1 Å². The third-order valence-electron chi connectivity index (χ3n) is 4.40. The predicted molar refractivity (Wildman–Crippen MR) is 93.7 cm³/mol. The van der Waals surface area contributed by atoms with Gasteiger partial charge in [0, 0.05) is 5.69 Å². The van der Waals surface area contributed by atoms with Crippen LogP contribution in [0.4, 0.5) is 5.82 Å². The zero-order valence-electron chi connectivity index (χ0n) is 14.1. The highest BCUT2D eigenvalue weighted by Gasteiger charge is 2.40. The summed E-state index contributed by atoms with van der Waals surface area (Å²) >= 11 is 0. The second-order valence-corrected chi connectivity index (χ2v) is 6.11. The molecule has 0 bridgehead atoms. The molecular formula is C18H15N5O3. The van der Waals surface area contributed by atoms with Crippen LogP contribution in [-0.2, 0) is 4.79 Å². The summed E-state index contributed by atoms with van der Waals surface area (Å²) in [6, 6.07) is 9.15. The number of carbonyl (C=O) groups excluding carboxylic acids is 3. The lowest BCUT2D eigenvalue weighted by Crippen LogP contribution is -2.45. The summed E-state index contributed by atoms with van der Waals surface area (Å²) in [5.74, 6) is -1.15. The molecule has 0 fully saturated rings. The van der Waals surface area contributed by atoms with E-state index in [0.717, 1.165) is 10.6 Å². The van der Waals surface area contributed by atoms with Gasteiger partial charge in [0.2, 0.25) is 5.91 Å². The number of carbonyl (C=O) groups is 3. The molecule has 0 radical (unpaired) electrons. The number of fused-ring (bicyclic) bond motifs is 2. The number of pyridine rings is 1. The summed E-state index contributed by atoms with van der Waals surface area (Å²) in [5, 5.41) is 10.1. The number of amides is 3. The minimum Gasteiger partial charge on any atom is -0.307 e. The van der Waals surface area contributed by atoms with E-state index >= 15 is 0 Å². The zero-order valence-corrected chi connectivity index (χ0v) is 14.1. The van der Waals surface area contributed by atoms with Gasteiger partial charge in [-0.15, -0.1) is 0 Å². The Morgan fingerprint density at radius 2 is 1.77 bits per heavy atom. The fourth-order valence-electron chi connectivity index (χ4n) is 3.00. The normalized spacial score (nSPS) is 14.6. The molecule has 0 saturated heterocycles. The van der Waals surface area contributed by atoms with E-state index in [0.29, 0.717) is 28.0 Å². The lowest BCUT2D eigenvalue weighted by molar-refractivity contribution is -0.119. The maximum absolute atomic E-state index is 12.6. The van der Waals surface area contributed by atoms with Crippen LogP contribution < -0.4 is 5.32 Å². The summed E-state index contributed by atoms with van der Waals surface area (Å²) in [5.41, 5.74) is 1.98. The van der Waals surface area contributed by atoms with Crippen LogP contribution in [-0.4, -0.2) is 43.8 Å². The maximum Gasteiger partial charge on any atom is 0.262 e. The van der Waals surface area contributed by atoms with E-state index in [1.165, 1.54) is 6.92 Å². The quantitative estimate of drug-likeness (QED) is 0.702. The monoisotopic (exact) mass is 349 g/mol. The van der Waals surface area contributed by atoms with E-state index in [1.54, 1.807) is 36.4 Å². The number of rotatable bonds is 3. The minimum absolute atomic E-state index is 0.306. The molecule has 0 saturated carbocycles. The molecule has 8 nitrogen and oxygen atoms in total. The summed E-state index contributed by atoms with van der Waals surface area (Å²) in [4.78, 5) is 42.9. The molecule has 0 aliphatic carbocycles. The number of nitrogens with zero attached hydrogens (tertiary/aromatic N) is 3. The van der Waals surface area contributed by atoms with Crippen molar-refractivity contribution in [1.29, 1.82) is 0 Å². The van der Waals surface area contributed by atoms with Crippen LogP contribution in [0.2, 0.25) is 0 Å². The number of benzene rings is 1. The Labute approximate surface area is 148 Å². The Morgan fingerprint density at radius 3 is 2.42 bits per heavy atom. The topological polar surface area (TPSA) is 108 Å². The molecule has 4 rings (SSSR count). The minimum atomic E-state index is -0.979. The lowest BCUT2D eigenvalue weighted by atomic mass is 10.1. The Hall–Kier alpha value is -3.55. The van der Waals surface area contributed by atoms with Gasteiger partial charge in [0.15, 0.2) is 11.5 Å². The van der Waals surface area contributed by atoms with Crippen LogP contribution in [0.3, 0.4) is 0 Å². The van der Waals surface area contributed by atoms with Crippen LogP contribution in [0.25, 0.3) is 11.0 Å². The Bertz CT molecular complexity index is 1040. The molecule has 1 unspecified atom stereocenters. The number of imide groups is 1. The van der Waals surface area contributed by atoms with Gasteiger partial charge >= 0.3 is 0 Å². The van der Waals surface area contributed by atoms with Gasteiger partial charge in [0.05, 0.1) is 16.5 Å². The average Bonchev–Trinajstić information content (AvgIpc) is 3.13. The SMILES string of the molecule is Cc1ccc2c(NC(=O)C(C)N3C(=O)c4ccccc4C3=O)n[nH]c2n1. The molecule has 8 heteroatoms. The molecule has 1 aromatic carbocycles. The number of anilines is 1. The largest absolute Gasteiger partial charge is 0.307 e. The number of aromatic amines is 1. The molecule has 26 heavy (non-hydrogen) atoms. The van der Waals surface area contributed by atoms with Crippen molar-refractivity contribution < 1.29 is 14.4 Å². The molecule has 1 aliphatic rings. The molecule has 1 aliphatic heterocycles. The standard InChI is InChI=1S/C18H15N5O3/c1-9-7-8-13-14(19-9)21-22-15(13)20-16(24)10(2)23-17(25)11-5-3-4-6-12(11)18(23)26/h3-8,10H,1-2H3,(H2,19,20,21,22,24). The van der Waals surface area contributed by atoms with Gasteiger partial charge in [-0.05, 0) is 38.1 Å². The number of hydrogen-bond acceptors (Lipinski definition) is 5. The van der Waals surface area contributed by atoms with Crippen molar-refractivity contribution in [3.63, 3.8) is 0 Å². The van der Waals surface area contributed by atoms with Crippen LogP contribution in [0.15, 0.2) is 36.4 Å². The number of H-pyrrole nitrogens is 1. The summed E-state index contributed by atoms with van der Waals surface area (Å²) in [7, 11) is 0. The van der Waals surface area contributed by atoms with Gasteiger partial charge in [0.1, 0.15) is 6.04 Å². The van der Waals surface area contributed by atoms with Crippen LogP contribution in [0, 0.1) is 6.92 Å². The van der Waals surface area contributed by atoms with E-state index in [4.69, 9.17) is 0 Å². The van der Waals surface area contributed by atoms with Crippen LogP contribution >= 0.6 is 0 Å². The lowest BCUT2D eigenvalue weighted by Gasteiger charge is -2.21. The third kappa shape index (κ3) is 2.34. The van der Waals surface area contributed by atoms with E-state index in [9.17, 15) is 14.4 Å². The average molecular weight is 349 g/mol. The number of aryl methyl sites for hydroxylation is 1. The van der Waals surface area contributed by atoms with E-state index in [-0.39, 0.29) is 0 Å². The Morgan fingerprint density at radius 1 is 1.12 bits per heavy atom. The summed E-state index contributed by atoms with van der Waals surface area (Å²) < 4.78 is 0. The van der Waals surface area contributed by atoms with Crippen molar-refractivity contribution in [1.82, 2.24) is 20.1 Å². The van der Waals surface area contributed by atoms with Gasteiger partial charge in [-0.2, -0.15) is 5.10 Å². The Kier molecular flexibility index (Phi) is 3.54. The van der Waals surface area contributed by atoms with Gasteiger partial charge in [0.25, 0.3) is 11.8 Å². The third-order valence-corrected chi connectivity index (χ3v) is 4.40. The maximum atomic E-state index is 12.6. The van der Waals surface area contributed by atoms with Gasteiger partial charge < -0.3 is 5.32 Å². The molecule has 130 valence electrons. The number of aromatic nitrogens is 3. The van der Waals surface area contributed by atoms with Crippen LogP contribution in [0.5, 0.6) is 0 Å². The zero-order chi connectivity index (χ0) is 18.4. The van der Waals surface area contributed by atoms with E-state index < -0.39 is 23.8 Å². The van der Waals surface area contributed by atoms with E-state index in [2.05, 4.69) is 20.5 Å². The molecular weight excluding hydrogens is 334 g/mol. The highest BCUT2D eigenvalue weighted by Crippen LogP contribution is 2.25. The predicted octanol–water partition coefficient (Wildman–Crippen LogP) is 1.89. The number of hydrogen-bond donors (Lipinski definition) is 2. The van der Waals surface area contributed by atoms with Crippen molar-refractivity contribution in [2.45, 2.75) is 19.9 Å². The van der Waals surface area contributed by atoms with Crippen molar-refractivity contribution in [2.75, 3.05) is 5.32 Å². The van der Waals surface area contributed by atoms with Crippen molar-refractivity contribution in [3.05, 3.63) is 53.2 Å². The molecule has 1 atom stereocenters. The molecule has 3 aromatic rings. The Balaban J connectivity index is 1.59. The highest BCUT2D eigenvalue weighted by molar-refractivity contribution is 6.23. The number of nitrogens with one attached hydrogen (secondary N) is 2. The molecule has 2 N–H and O–H groups in total. The first-order valence-electron chi connectivity index (χ1n) is 8.07. The first-order chi connectivity index (χ1) is 12.5. The van der Waals surface area contributed by atoms with E-state index in [1.807, 2.05) is 6.92 Å². The van der Waals surface area contributed by atoms with Crippen molar-refractivity contribution in [3.8, 4) is 0 Å². The van der Waals surface area contributed by atoms with Gasteiger partial charge in [-0.25, -0.2) is 4.98 Å². The molecule has 3 amide bonds. The van der Waals surface area contributed by atoms with Crippen molar-refractivity contribution in [2.24, 2.45) is 0 Å². The smallest absolute Gasteiger partial charge is 0.262 e. The summed E-state index contributed by atoms with van der Waals surface area (Å²) in [6.45, 7) is 3.36. The first kappa shape index (κ1) is 15.9. The van der Waals surface area contributed by atoms with Crippen LogP contribution in [0.1, 0.15) is 33.3 Å². The molecule has 0 spiro atoms.